The lowest BCUT2D eigenvalue weighted by molar-refractivity contribution is 0.189. The molecule has 0 fully saturated rings. The monoisotopic (exact) mass is 298 g/mol. The van der Waals surface area contributed by atoms with E-state index in [-0.39, 0.29) is 0 Å². The SMILES string of the molecule is C=CC[C@H](NC(=O)O)c1cc(-c2ccc(N)cc2N)ccn1. The number of amides is 1. The van der Waals surface area contributed by atoms with Crippen LogP contribution < -0.4 is 16.8 Å². The first-order valence-electron chi connectivity index (χ1n) is 6.73. The molecule has 0 aliphatic carbocycles. The zero-order valence-electron chi connectivity index (χ0n) is 12.0. The van der Waals surface area contributed by atoms with Gasteiger partial charge < -0.3 is 21.9 Å². The summed E-state index contributed by atoms with van der Waals surface area (Å²) in [6.07, 6.45) is 2.61. The van der Waals surface area contributed by atoms with Crippen molar-refractivity contribution in [2.75, 3.05) is 11.5 Å². The van der Waals surface area contributed by atoms with E-state index in [0.717, 1.165) is 11.1 Å². The first-order chi connectivity index (χ1) is 10.5. The van der Waals surface area contributed by atoms with Crippen molar-refractivity contribution in [1.82, 2.24) is 10.3 Å². The molecule has 0 spiro atoms. The van der Waals surface area contributed by atoms with Gasteiger partial charge in [0, 0.05) is 23.1 Å². The molecule has 114 valence electrons. The summed E-state index contributed by atoms with van der Waals surface area (Å²) in [5.74, 6) is 0. The molecule has 2 aromatic rings. The molecule has 0 saturated heterocycles. The molecule has 0 bridgehead atoms. The smallest absolute Gasteiger partial charge is 0.405 e. The van der Waals surface area contributed by atoms with Crippen LogP contribution in [0.5, 0.6) is 0 Å². The molecule has 1 amide bonds. The third kappa shape index (κ3) is 3.54. The van der Waals surface area contributed by atoms with E-state index in [1.165, 1.54) is 0 Å². The normalized spacial score (nSPS) is 11.6. The number of carboxylic acid groups (broad SMARTS) is 1. The second kappa shape index (κ2) is 6.62. The van der Waals surface area contributed by atoms with Crippen LogP contribution in [0.4, 0.5) is 16.2 Å². The fourth-order valence-corrected chi connectivity index (χ4v) is 2.22. The van der Waals surface area contributed by atoms with Crippen LogP contribution in [0.1, 0.15) is 18.2 Å². The quantitative estimate of drug-likeness (QED) is 0.500. The van der Waals surface area contributed by atoms with Crippen molar-refractivity contribution in [3.8, 4) is 11.1 Å². The number of nitrogens with one attached hydrogen (secondary N) is 1. The van der Waals surface area contributed by atoms with E-state index in [0.29, 0.717) is 23.5 Å². The second-order valence-corrected chi connectivity index (χ2v) is 4.84. The largest absolute Gasteiger partial charge is 0.465 e. The number of carbonyl (C=O) groups is 1. The number of benzene rings is 1. The van der Waals surface area contributed by atoms with Gasteiger partial charge in [-0.05, 0) is 36.2 Å². The van der Waals surface area contributed by atoms with Crippen molar-refractivity contribution >= 4 is 17.5 Å². The zero-order chi connectivity index (χ0) is 16.1. The topological polar surface area (TPSA) is 114 Å². The summed E-state index contributed by atoms with van der Waals surface area (Å²) in [4.78, 5) is 15.1. The maximum absolute atomic E-state index is 10.9. The van der Waals surface area contributed by atoms with Gasteiger partial charge in [-0.15, -0.1) is 6.58 Å². The van der Waals surface area contributed by atoms with Gasteiger partial charge in [0.25, 0.3) is 0 Å². The van der Waals surface area contributed by atoms with Gasteiger partial charge in [-0.2, -0.15) is 0 Å². The Morgan fingerprint density at radius 3 is 2.77 bits per heavy atom. The highest BCUT2D eigenvalue weighted by molar-refractivity contribution is 5.78. The predicted octanol–water partition coefficient (Wildman–Crippen LogP) is 2.80. The Morgan fingerprint density at radius 1 is 1.36 bits per heavy atom. The molecular formula is C16H18N4O2. The minimum atomic E-state index is -1.11. The van der Waals surface area contributed by atoms with Gasteiger partial charge in [-0.1, -0.05) is 12.1 Å². The summed E-state index contributed by atoms with van der Waals surface area (Å²) in [6.45, 7) is 3.64. The Hall–Kier alpha value is -3.02. The standard InChI is InChI=1S/C16H18N4O2/c1-2-3-14(20-16(21)22)15-8-10(6-7-19-15)12-5-4-11(17)9-13(12)18/h2,4-9,14,20H,1,3,17-18H2,(H,21,22)/t14-/m0/s1. The van der Waals surface area contributed by atoms with E-state index in [2.05, 4.69) is 16.9 Å². The van der Waals surface area contributed by atoms with Gasteiger partial charge in [0.05, 0.1) is 11.7 Å². The zero-order valence-corrected chi connectivity index (χ0v) is 12.0. The van der Waals surface area contributed by atoms with Crippen molar-refractivity contribution in [3.63, 3.8) is 0 Å². The van der Waals surface area contributed by atoms with Crippen LogP contribution in [0.3, 0.4) is 0 Å². The van der Waals surface area contributed by atoms with E-state index in [9.17, 15) is 4.79 Å². The molecule has 0 saturated carbocycles. The third-order valence-electron chi connectivity index (χ3n) is 3.22. The van der Waals surface area contributed by atoms with Gasteiger partial charge in [-0.25, -0.2) is 4.79 Å². The van der Waals surface area contributed by atoms with Crippen LogP contribution in [0.15, 0.2) is 49.2 Å². The average Bonchev–Trinajstić information content (AvgIpc) is 2.46. The fraction of sp³-hybridized carbons (Fsp3) is 0.125. The Kier molecular flexibility index (Phi) is 4.63. The maximum Gasteiger partial charge on any atom is 0.405 e. The van der Waals surface area contributed by atoms with Crippen molar-refractivity contribution in [2.24, 2.45) is 0 Å². The van der Waals surface area contributed by atoms with Crippen LogP contribution in [-0.2, 0) is 0 Å². The van der Waals surface area contributed by atoms with E-state index < -0.39 is 12.1 Å². The highest BCUT2D eigenvalue weighted by Crippen LogP contribution is 2.29. The van der Waals surface area contributed by atoms with Crippen molar-refractivity contribution in [1.29, 1.82) is 0 Å². The number of pyridine rings is 1. The predicted molar refractivity (Wildman–Crippen MR) is 87.2 cm³/mol. The lowest BCUT2D eigenvalue weighted by Gasteiger charge is -2.16. The fourth-order valence-electron chi connectivity index (χ4n) is 2.22. The Bertz CT molecular complexity index is 700. The summed E-state index contributed by atoms with van der Waals surface area (Å²) in [5, 5.41) is 11.4. The first-order valence-corrected chi connectivity index (χ1v) is 6.73. The van der Waals surface area contributed by atoms with Gasteiger partial charge in [0.1, 0.15) is 0 Å². The van der Waals surface area contributed by atoms with Crippen LogP contribution in [0.2, 0.25) is 0 Å². The molecule has 0 aliphatic heterocycles. The molecule has 0 unspecified atom stereocenters. The molecule has 1 atom stereocenters. The number of nitrogens with zero attached hydrogens (tertiary/aromatic N) is 1. The maximum atomic E-state index is 10.9. The number of anilines is 2. The summed E-state index contributed by atoms with van der Waals surface area (Å²) in [7, 11) is 0. The van der Waals surface area contributed by atoms with Crippen molar-refractivity contribution in [2.45, 2.75) is 12.5 Å². The average molecular weight is 298 g/mol. The number of aromatic nitrogens is 1. The van der Waals surface area contributed by atoms with Crippen LogP contribution in [-0.4, -0.2) is 16.2 Å². The number of nitrogen functional groups attached to an aromatic ring is 2. The lowest BCUT2D eigenvalue weighted by Crippen LogP contribution is -2.27. The number of hydrogen-bond acceptors (Lipinski definition) is 4. The lowest BCUT2D eigenvalue weighted by atomic mass is 10.0. The Labute approximate surface area is 128 Å². The summed E-state index contributed by atoms with van der Waals surface area (Å²) < 4.78 is 0. The minimum absolute atomic E-state index is 0.444. The summed E-state index contributed by atoms with van der Waals surface area (Å²) in [5.41, 5.74) is 15.1. The molecule has 0 aliphatic rings. The van der Waals surface area contributed by atoms with Crippen LogP contribution in [0.25, 0.3) is 11.1 Å². The van der Waals surface area contributed by atoms with Crippen LogP contribution in [0, 0.1) is 0 Å². The Morgan fingerprint density at radius 2 is 2.14 bits per heavy atom. The molecule has 6 heteroatoms. The molecule has 1 aromatic heterocycles. The highest BCUT2D eigenvalue weighted by atomic mass is 16.4. The van der Waals surface area contributed by atoms with E-state index in [1.54, 1.807) is 24.4 Å². The highest BCUT2D eigenvalue weighted by Gasteiger charge is 2.15. The molecular weight excluding hydrogens is 280 g/mol. The van der Waals surface area contributed by atoms with E-state index in [4.69, 9.17) is 16.6 Å². The van der Waals surface area contributed by atoms with E-state index >= 15 is 0 Å². The molecule has 6 N–H and O–H groups in total. The number of rotatable bonds is 5. The second-order valence-electron chi connectivity index (χ2n) is 4.84. The van der Waals surface area contributed by atoms with Gasteiger partial charge >= 0.3 is 6.09 Å². The molecule has 22 heavy (non-hydrogen) atoms. The van der Waals surface area contributed by atoms with Crippen molar-refractivity contribution in [3.05, 3.63) is 54.9 Å². The summed E-state index contributed by atoms with van der Waals surface area (Å²) >= 11 is 0. The van der Waals surface area contributed by atoms with Crippen molar-refractivity contribution < 1.29 is 9.90 Å². The molecule has 2 rings (SSSR count). The number of hydrogen-bond donors (Lipinski definition) is 4. The molecule has 0 radical (unpaired) electrons. The van der Waals surface area contributed by atoms with Crippen LogP contribution >= 0.6 is 0 Å². The molecule has 1 heterocycles. The number of nitrogens with two attached hydrogens (primary N) is 2. The van der Waals surface area contributed by atoms with E-state index in [1.807, 2.05) is 18.2 Å². The third-order valence-corrected chi connectivity index (χ3v) is 3.22. The molecule has 1 aromatic carbocycles. The molecule has 6 nitrogen and oxygen atoms in total. The summed E-state index contributed by atoms with van der Waals surface area (Å²) in [6, 6.07) is 8.46. The minimum Gasteiger partial charge on any atom is -0.465 e. The Balaban J connectivity index is 2.39. The van der Waals surface area contributed by atoms with Gasteiger partial charge in [0.2, 0.25) is 0 Å². The first kappa shape index (κ1) is 15.4. The van der Waals surface area contributed by atoms with Gasteiger partial charge in [-0.3, -0.25) is 4.98 Å². The van der Waals surface area contributed by atoms with Gasteiger partial charge in [0.15, 0.2) is 0 Å².